The maximum absolute atomic E-state index is 13.4. The van der Waals surface area contributed by atoms with Crippen molar-refractivity contribution in [3.05, 3.63) is 52.3 Å². The number of anilines is 1. The Kier molecular flexibility index (Phi) is 6.42. The second kappa shape index (κ2) is 9.38. The Balaban J connectivity index is 1.79. The van der Waals surface area contributed by atoms with Crippen LogP contribution in [0.3, 0.4) is 0 Å². The Morgan fingerprint density at radius 1 is 0.900 bits per heavy atom. The van der Waals surface area contributed by atoms with E-state index in [1.165, 1.54) is 0 Å². The molecule has 0 amide bonds. The molecule has 2 aromatic heterocycles. The molecule has 0 aliphatic carbocycles. The van der Waals surface area contributed by atoms with E-state index < -0.39 is 0 Å². The first-order valence-electron chi connectivity index (χ1n) is 10.8. The predicted octanol–water partition coefficient (Wildman–Crippen LogP) is 2.42. The van der Waals surface area contributed by atoms with Gasteiger partial charge in [-0.2, -0.15) is 5.10 Å². The van der Waals surface area contributed by atoms with Gasteiger partial charge in [-0.15, -0.1) is 0 Å². The quantitative estimate of drug-likeness (QED) is 0.225. The zero-order chi connectivity index (χ0) is 20.9. The molecule has 2 aromatic carbocycles. The number of pyridine rings is 1. The summed E-state index contributed by atoms with van der Waals surface area (Å²) in [5.74, 6) is 0. The molecule has 0 spiro atoms. The van der Waals surface area contributed by atoms with E-state index in [9.17, 15) is 4.79 Å². The molecule has 30 heavy (non-hydrogen) atoms. The molecule has 0 bridgehead atoms. The number of aromatic nitrogens is 2. The Morgan fingerprint density at radius 3 is 2.47 bits per heavy atom. The summed E-state index contributed by atoms with van der Waals surface area (Å²) in [4.78, 5) is 13.4. The SMILES string of the molecule is NCCCCNCc1nn2c3ccccc3c(=O)c3c(NCCCCN)ccc1c32. The Hall–Kier alpha value is -2.74. The average molecular weight is 407 g/mol. The highest BCUT2D eigenvalue weighted by atomic mass is 16.1. The number of nitrogens with zero attached hydrogens (tertiary/aromatic N) is 2. The van der Waals surface area contributed by atoms with Crippen molar-refractivity contribution in [3.8, 4) is 0 Å². The van der Waals surface area contributed by atoms with Gasteiger partial charge in [0.15, 0.2) is 5.43 Å². The van der Waals surface area contributed by atoms with E-state index in [0.717, 1.165) is 66.6 Å². The van der Waals surface area contributed by atoms with E-state index in [1.54, 1.807) is 0 Å². The molecular formula is C23H30N6O. The third-order valence-electron chi connectivity index (χ3n) is 5.57. The molecule has 4 aromatic rings. The fourth-order valence-corrected chi connectivity index (χ4v) is 4.03. The molecule has 7 nitrogen and oxygen atoms in total. The topological polar surface area (TPSA) is 110 Å². The van der Waals surface area contributed by atoms with Crippen molar-refractivity contribution in [2.24, 2.45) is 11.5 Å². The first kappa shape index (κ1) is 20.5. The minimum atomic E-state index is 0.0485. The number of hydrogen-bond donors (Lipinski definition) is 4. The molecule has 4 rings (SSSR count). The molecule has 0 aliphatic heterocycles. The van der Waals surface area contributed by atoms with Crippen LogP contribution in [0.1, 0.15) is 31.4 Å². The lowest BCUT2D eigenvalue weighted by molar-refractivity contribution is 0.620. The van der Waals surface area contributed by atoms with E-state index >= 15 is 0 Å². The van der Waals surface area contributed by atoms with Crippen molar-refractivity contribution in [2.45, 2.75) is 32.2 Å². The van der Waals surface area contributed by atoms with E-state index in [1.807, 2.05) is 34.8 Å². The highest BCUT2D eigenvalue weighted by molar-refractivity contribution is 6.08. The van der Waals surface area contributed by atoms with Crippen LogP contribution in [0.5, 0.6) is 0 Å². The standard InChI is InChI=1S/C23H30N6O/c24-11-3-5-13-26-15-19-16-9-10-18(27-14-6-4-12-25)21-22(16)29(28-19)20-8-2-1-7-17(20)23(21)30/h1-2,7-10,26-27H,3-6,11-15,24-25H2. The molecule has 0 unspecified atom stereocenters. The number of nitrogens with one attached hydrogen (secondary N) is 2. The summed E-state index contributed by atoms with van der Waals surface area (Å²) in [6, 6.07) is 11.8. The first-order valence-corrected chi connectivity index (χ1v) is 10.8. The van der Waals surface area contributed by atoms with Crippen molar-refractivity contribution < 1.29 is 0 Å². The molecule has 0 saturated heterocycles. The van der Waals surface area contributed by atoms with Crippen molar-refractivity contribution >= 4 is 32.9 Å². The first-order chi connectivity index (χ1) is 14.8. The van der Waals surface area contributed by atoms with Crippen LogP contribution in [0.25, 0.3) is 27.2 Å². The summed E-state index contributed by atoms with van der Waals surface area (Å²) in [5, 5.41) is 14.2. The number of benzene rings is 2. The number of para-hydroxylation sites is 1. The van der Waals surface area contributed by atoms with Gasteiger partial charge in [0.25, 0.3) is 0 Å². The van der Waals surface area contributed by atoms with Gasteiger partial charge in [-0.1, -0.05) is 12.1 Å². The van der Waals surface area contributed by atoms with Crippen LogP contribution < -0.4 is 27.5 Å². The second-order valence-electron chi connectivity index (χ2n) is 7.68. The van der Waals surface area contributed by atoms with E-state index in [2.05, 4.69) is 16.7 Å². The van der Waals surface area contributed by atoms with Gasteiger partial charge in [-0.05, 0) is 69.6 Å². The van der Waals surface area contributed by atoms with Gasteiger partial charge < -0.3 is 22.1 Å². The monoisotopic (exact) mass is 406 g/mol. The van der Waals surface area contributed by atoms with E-state index in [0.29, 0.717) is 30.4 Å². The third-order valence-corrected chi connectivity index (χ3v) is 5.57. The lowest BCUT2D eigenvalue weighted by atomic mass is 10.0. The lowest BCUT2D eigenvalue weighted by Crippen LogP contribution is -2.16. The van der Waals surface area contributed by atoms with E-state index in [-0.39, 0.29) is 5.43 Å². The van der Waals surface area contributed by atoms with Crippen LogP contribution in [0.4, 0.5) is 5.69 Å². The molecule has 0 fully saturated rings. The molecular weight excluding hydrogens is 376 g/mol. The fourth-order valence-electron chi connectivity index (χ4n) is 4.03. The fraction of sp³-hybridized carbons (Fsp3) is 0.391. The Bertz CT molecular complexity index is 1190. The zero-order valence-corrected chi connectivity index (χ0v) is 17.3. The number of fused-ring (bicyclic) bond motifs is 2. The lowest BCUT2D eigenvalue weighted by Gasteiger charge is -2.11. The van der Waals surface area contributed by atoms with Crippen LogP contribution in [-0.4, -0.2) is 35.8 Å². The second-order valence-corrected chi connectivity index (χ2v) is 7.68. The summed E-state index contributed by atoms with van der Waals surface area (Å²) in [6.07, 6.45) is 3.97. The molecule has 0 atom stereocenters. The van der Waals surface area contributed by atoms with Gasteiger partial charge in [-0.3, -0.25) is 4.79 Å². The maximum Gasteiger partial charge on any atom is 0.199 e. The highest BCUT2D eigenvalue weighted by Gasteiger charge is 2.19. The molecule has 7 heteroatoms. The minimum absolute atomic E-state index is 0.0485. The number of unbranched alkanes of at least 4 members (excludes halogenated alkanes) is 2. The van der Waals surface area contributed by atoms with E-state index in [4.69, 9.17) is 16.6 Å². The zero-order valence-electron chi connectivity index (χ0n) is 17.3. The summed E-state index contributed by atoms with van der Waals surface area (Å²) < 4.78 is 1.93. The summed E-state index contributed by atoms with van der Waals surface area (Å²) in [5.41, 5.74) is 14.8. The summed E-state index contributed by atoms with van der Waals surface area (Å²) >= 11 is 0. The van der Waals surface area contributed by atoms with Crippen LogP contribution in [0.15, 0.2) is 41.2 Å². The minimum Gasteiger partial charge on any atom is -0.384 e. The maximum atomic E-state index is 13.4. The molecule has 2 heterocycles. The normalized spacial score (nSPS) is 11.8. The molecule has 0 aliphatic rings. The molecule has 0 saturated carbocycles. The van der Waals surface area contributed by atoms with Gasteiger partial charge in [-0.25, -0.2) is 4.52 Å². The Morgan fingerprint density at radius 2 is 1.67 bits per heavy atom. The van der Waals surface area contributed by atoms with Crippen LogP contribution >= 0.6 is 0 Å². The highest BCUT2D eigenvalue weighted by Crippen LogP contribution is 2.31. The van der Waals surface area contributed by atoms with Crippen molar-refractivity contribution in [1.29, 1.82) is 0 Å². The van der Waals surface area contributed by atoms with Crippen LogP contribution in [0, 0.1) is 0 Å². The van der Waals surface area contributed by atoms with Crippen molar-refractivity contribution in [1.82, 2.24) is 14.9 Å². The van der Waals surface area contributed by atoms with Crippen molar-refractivity contribution in [3.63, 3.8) is 0 Å². The molecule has 158 valence electrons. The molecule has 0 radical (unpaired) electrons. The number of rotatable bonds is 11. The van der Waals surface area contributed by atoms with Gasteiger partial charge in [0.1, 0.15) is 0 Å². The van der Waals surface area contributed by atoms with Gasteiger partial charge >= 0.3 is 0 Å². The molecule has 6 N–H and O–H groups in total. The van der Waals surface area contributed by atoms with Crippen LogP contribution in [-0.2, 0) is 6.54 Å². The largest absolute Gasteiger partial charge is 0.384 e. The smallest absolute Gasteiger partial charge is 0.199 e. The third kappa shape index (κ3) is 3.84. The summed E-state index contributed by atoms with van der Waals surface area (Å²) in [7, 11) is 0. The van der Waals surface area contributed by atoms with Crippen molar-refractivity contribution in [2.75, 3.05) is 31.5 Å². The predicted molar refractivity (Wildman–Crippen MR) is 124 cm³/mol. The average Bonchev–Trinajstić information content (AvgIpc) is 3.14. The van der Waals surface area contributed by atoms with Gasteiger partial charge in [0.2, 0.25) is 0 Å². The number of nitrogens with two attached hydrogens (primary N) is 2. The Labute approximate surface area is 175 Å². The van der Waals surface area contributed by atoms with Gasteiger partial charge in [0.05, 0.1) is 22.1 Å². The van der Waals surface area contributed by atoms with Crippen LogP contribution in [0.2, 0.25) is 0 Å². The van der Waals surface area contributed by atoms with Gasteiger partial charge in [0, 0.05) is 29.5 Å². The summed E-state index contributed by atoms with van der Waals surface area (Å²) in [6.45, 7) is 3.73. The number of hydrogen-bond acceptors (Lipinski definition) is 6.